The summed E-state index contributed by atoms with van der Waals surface area (Å²) in [5.41, 5.74) is 5.20. The molecule has 0 bridgehead atoms. The van der Waals surface area contributed by atoms with Gasteiger partial charge in [0.15, 0.2) is 0 Å². The first-order valence-electron chi connectivity index (χ1n) is 6.97. The Balaban J connectivity index is 2.26. The SMILES string of the molecule is Cc1ccc(NC(C)c2ccc(C)c([N+](=O)[O-])c2)c(C)c1. The van der Waals surface area contributed by atoms with Gasteiger partial charge in [-0.3, -0.25) is 10.1 Å². The van der Waals surface area contributed by atoms with Crippen LogP contribution in [0.2, 0.25) is 0 Å². The zero-order chi connectivity index (χ0) is 15.6. The molecule has 110 valence electrons. The highest BCUT2D eigenvalue weighted by molar-refractivity contribution is 5.54. The van der Waals surface area contributed by atoms with Gasteiger partial charge in [0, 0.05) is 23.4 Å². The molecule has 4 nitrogen and oxygen atoms in total. The van der Waals surface area contributed by atoms with E-state index in [2.05, 4.69) is 31.3 Å². The Kier molecular flexibility index (Phi) is 4.26. The van der Waals surface area contributed by atoms with E-state index < -0.39 is 0 Å². The third-order valence-corrected chi connectivity index (χ3v) is 3.68. The third-order valence-electron chi connectivity index (χ3n) is 3.68. The molecule has 0 aliphatic carbocycles. The minimum absolute atomic E-state index is 0.00528. The lowest BCUT2D eigenvalue weighted by Gasteiger charge is -2.18. The Morgan fingerprint density at radius 3 is 2.38 bits per heavy atom. The van der Waals surface area contributed by atoms with Gasteiger partial charge in [0.1, 0.15) is 0 Å². The van der Waals surface area contributed by atoms with Crippen LogP contribution in [-0.4, -0.2) is 4.92 Å². The predicted molar refractivity (Wildman–Crippen MR) is 85.8 cm³/mol. The number of nitro benzene ring substituents is 1. The highest BCUT2D eigenvalue weighted by Gasteiger charge is 2.14. The molecule has 1 N–H and O–H groups in total. The Labute approximate surface area is 125 Å². The van der Waals surface area contributed by atoms with Gasteiger partial charge in [-0.05, 0) is 44.9 Å². The number of benzene rings is 2. The van der Waals surface area contributed by atoms with Crippen LogP contribution in [0.5, 0.6) is 0 Å². The molecule has 0 aromatic heterocycles. The normalized spacial score (nSPS) is 12.0. The number of hydrogen-bond acceptors (Lipinski definition) is 3. The minimum Gasteiger partial charge on any atom is -0.378 e. The lowest BCUT2D eigenvalue weighted by molar-refractivity contribution is -0.385. The molecule has 0 amide bonds. The molecule has 0 saturated heterocycles. The highest BCUT2D eigenvalue weighted by Crippen LogP contribution is 2.27. The maximum absolute atomic E-state index is 11.0. The van der Waals surface area contributed by atoms with E-state index in [1.807, 2.05) is 19.1 Å². The maximum atomic E-state index is 11.0. The van der Waals surface area contributed by atoms with Gasteiger partial charge in [0.05, 0.1) is 4.92 Å². The van der Waals surface area contributed by atoms with Crippen LogP contribution in [-0.2, 0) is 0 Å². The molecule has 2 aromatic rings. The monoisotopic (exact) mass is 284 g/mol. The van der Waals surface area contributed by atoms with Crippen molar-refractivity contribution in [1.82, 2.24) is 0 Å². The van der Waals surface area contributed by atoms with Crippen LogP contribution in [0, 0.1) is 30.9 Å². The number of nitrogens with one attached hydrogen (secondary N) is 1. The number of anilines is 1. The molecule has 2 aromatic carbocycles. The van der Waals surface area contributed by atoms with E-state index in [9.17, 15) is 10.1 Å². The van der Waals surface area contributed by atoms with Crippen LogP contribution >= 0.6 is 0 Å². The Morgan fingerprint density at radius 2 is 1.76 bits per heavy atom. The first kappa shape index (κ1) is 15.0. The molecule has 0 fully saturated rings. The van der Waals surface area contributed by atoms with Gasteiger partial charge in [-0.15, -0.1) is 0 Å². The minimum atomic E-state index is -0.331. The molecule has 0 radical (unpaired) electrons. The molecule has 1 atom stereocenters. The molecule has 0 spiro atoms. The summed E-state index contributed by atoms with van der Waals surface area (Å²) in [6, 6.07) is 11.6. The van der Waals surface area contributed by atoms with Crippen LogP contribution in [0.4, 0.5) is 11.4 Å². The molecule has 0 heterocycles. The van der Waals surface area contributed by atoms with E-state index in [-0.39, 0.29) is 16.7 Å². The van der Waals surface area contributed by atoms with Crippen molar-refractivity contribution in [3.8, 4) is 0 Å². The summed E-state index contributed by atoms with van der Waals surface area (Å²) in [6.45, 7) is 7.88. The summed E-state index contributed by atoms with van der Waals surface area (Å²) in [5, 5.41) is 14.4. The molecule has 0 aliphatic rings. The fraction of sp³-hybridized carbons (Fsp3) is 0.294. The van der Waals surface area contributed by atoms with Crippen molar-refractivity contribution in [3.63, 3.8) is 0 Å². The zero-order valence-electron chi connectivity index (χ0n) is 12.8. The van der Waals surface area contributed by atoms with Gasteiger partial charge < -0.3 is 5.32 Å². The number of aryl methyl sites for hydroxylation is 3. The molecular formula is C17H20N2O2. The van der Waals surface area contributed by atoms with E-state index in [0.717, 1.165) is 11.3 Å². The zero-order valence-corrected chi connectivity index (χ0v) is 12.8. The molecule has 0 aliphatic heterocycles. The fourth-order valence-electron chi connectivity index (χ4n) is 2.38. The van der Waals surface area contributed by atoms with Crippen LogP contribution in [0.25, 0.3) is 0 Å². The van der Waals surface area contributed by atoms with Crippen molar-refractivity contribution in [2.24, 2.45) is 0 Å². The van der Waals surface area contributed by atoms with Gasteiger partial charge in [-0.25, -0.2) is 0 Å². The summed E-state index contributed by atoms with van der Waals surface area (Å²) in [4.78, 5) is 10.7. The Bertz CT molecular complexity index is 680. The average Bonchev–Trinajstić information content (AvgIpc) is 2.42. The summed E-state index contributed by atoms with van der Waals surface area (Å²) in [6.07, 6.45) is 0. The van der Waals surface area contributed by atoms with Gasteiger partial charge in [0.25, 0.3) is 5.69 Å². The number of hydrogen-bond donors (Lipinski definition) is 1. The average molecular weight is 284 g/mol. The molecule has 1 unspecified atom stereocenters. The van der Waals surface area contributed by atoms with E-state index in [1.165, 1.54) is 11.1 Å². The van der Waals surface area contributed by atoms with Crippen molar-refractivity contribution in [3.05, 3.63) is 68.8 Å². The summed E-state index contributed by atoms with van der Waals surface area (Å²) in [5.74, 6) is 0. The van der Waals surface area contributed by atoms with Gasteiger partial charge in [0.2, 0.25) is 0 Å². The standard InChI is InChI=1S/C17H20N2O2/c1-11-5-8-16(13(3)9-11)18-14(4)15-7-6-12(2)17(10-15)19(20)21/h5-10,14,18H,1-4H3. The topological polar surface area (TPSA) is 55.2 Å². The number of rotatable bonds is 4. The highest BCUT2D eigenvalue weighted by atomic mass is 16.6. The lowest BCUT2D eigenvalue weighted by atomic mass is 10.0. The summed E-state index contributed by atoms with van der Waals surface area (Å²) >= 11 is 0. The molecule has 4 heteroatoms. The van der Waals surface area contributed by atoms with Crippen LogP contribution < -0.4 is 5.32 Å². The van der Waals surface area contributed by atoms with Crippen molar-refractivity contribution in [2.75, 3.05) is 5.32 Å². The lowest BCUT2D eigenvalue weighted by Crippen LogP contribution is -2.08. The smallest absolute Gasteiger partial charge is 0.272 e. The summed E-state index contributed by atoms with van der Waals surface area (Å²) < 4.78 is 0. The van der Waals surface area contributed by atoms with E-state index in [1.54, 1.807) is 19.1 Å². The van der Waals surface area contributed by atoms with Crippen LogP contribution in [0.15, 0.2) is 36.4 Å². The Morgan fingerprint density at radius 1 is 1.05 bits per heavy atom. The molecule has 21 heavy (non-hydrogen) atoms. The van der Waals surface area contributed by atoms with Crippen molar-refractivity contribution >= 4 is 11.4 Å². The molecular weight excluding hydrogens is 264 g/mol. The largest absolute Gasteiger partial charge is 0.378 e. The first-order chi connectivity index (χ1) is 9.88. The maximum Gasteiger partial charge on any atom is 0.272 e. The number of nitrogens with zero attached hydrogens (tertiary/aromatic N) is 1. The van der Waals surface area contributed by atoms with E-state index in [4.69, 9.17) is 0 Å². The number of nitro groups is 1. The second-order valence-corrected chi connectivity index (χ2v) is 5.49. The molecule has 0 saturated carbocycles. The van der Waals surface area contributed by atoms with Gasteiger partial charge >= 0.3 is 0 Å². The molecule has 2 rings (SSSR count). The van der Waals surface area contributed by atoms with Crippen molar-refractivity contribution < 1.29 is 4.92 Å². The van der Waals surface area contributed by atoms with E-state index >= 15 is 0 Å². The van der Waals surface area contributed by atoms with E-state index in [0.29, 0.717) is 5.56 Å². The van der Waals surface area contributed by atoms with Crippen LogP contribution in [0.3, 0.4) is 0 Å². The Hall–Kier alpha value is -2.36. The first-order valence-corrected chi connectivity index (χ1v) is 6.97. The third kappa shape index (κ3) is 3.40. The second-order valence-electron chi connectivity index (χ2n) is 5.49. The second kappa shape index (κ2) is 5.95. The van der Waals surface area contributed by atoms with Gasteiger partial charge in [-0.2, -0.15) is 0 Å². The van der Waals surface area contributed by atoms with Crippen molar-refractivity contribution in [1.29, 1.82) is 0 Å². The quantitative estimate of drug-likeness (QED) is 0.654. The van der Waals surface area contributed by atoms with Gasteiger partial charge in [-0.1, -0.05) is 29.8 Å². The van der Waals surface area contributed by atoms with Crippen molar-refractivity contribution in [2.45, 2.75) is 33.7 Å². The van der Waals surface area contributed by atoms with Crippen LogP contribution in [0.1, 0.15) is 35.2 Å². The predicted octanol–water partition coefficient (Wildman–Crippen LogP) is 4.69. The summed E-state index contributed by atoms with van der Waals surface area (Å²) in [7, 11) is 0. The fourth-order valence-corrected chi connectivity index (χ4v) is 2.38.